The average Bonchev–Trinajstić information content (AvgIpc) is 2.27. The second-order valence-electron chi connectivity index (χ2n) is 5.00. The Morgan fingerprint density at radius 3 is 2.50 bits per heavy atom. The minimum atomic E-state index is -0.383. The van der Waals surface area contributed by atoms with Crippen molar-refractivity contribution in [3.05, 3.63) is 29.3 Å². The van der Waals surface area contributed by atoms with Gasteiger partial charge in [-0.15, -0.1) is 0 Å². The Bertz CT molecular complexity index is 343. The first-order chi connectivity index (χ1) is 7.51. The molecular formula is C14H22O2. The number of aliphatic hydroxyl groups is 1. The summed E-state index contributed by atoms with van der Waals surface area (Å²) >= 11 is 0. The molecule has 2 nitrogen and oxygen atoms in total. The van der Waals surface area contributed by atoms with Crippen LogP contribution >= 0.6 is 0 Å². The van der Waals surface area contributed by atoms with Gasteiger partial charge in [0.1, 0.15) is 5.75 Å². The van der Waals surface area contributed by atoms with Crippen molar-refractivity contribution in [3.63, 3.8) is 0 Å². The highest BCUT2D eigenvalue weighted by Gasteiger charge is 2.23. The standard InChI is InChI=1S/C14H22O2/c1-4-5-6-11-7-8-13(16)12(9-11)14(2,3)10-15/h7-9,15-16H,4-6,10H2,1-3H3. The minimum Gasteiger partial charge on any atom is -0.508 e. The smallest absolute Gasteiger partial charge is 0.119 e. The molecule has 0 aromatic heterocycles. The number of hydrogen-bond donors (Lipinski definition) is 2. The molecule has 0 atom stereocenters. The van der Waals surface area contributed by atoms with Crippen molar-refractivity contribution >= 4 is 0 Å². The van der Waals surface area contributed by atoms with E-state index < -0.39 is 0 Å². The number of rotatable bonds is 5. The van der Waals surface area contributed by atoms with E-state index in [0.717, 1.165) is 18.4 Å². The fourth-order valence-corrected chi connectivity index (χ4v) is 1.75. The van der Waals surface area contributed by atoms with Crippen molar-refractivity contribution in [3.8, 4) is 5.75 Å². The molecule has 2 heteroatoms. The van der Waals surface area contributed by atoms with Gasteiger partial charge in [0, 0.05) is 11.0 Å². The lowest BCUT2D eigenvalue weighted by Crippen LogP contribution is -2.22. The summed E-state index contributed by atoms with van der Waals surface area (Å²) in [6.45, 7) is 6.08. The molecule has 1 rings (SSSR count). The zero-order chi connectivity index (χ0) is 12.2. The highest BCUT2D eigenvalue weighted by Crippen LogP contribution is 2.31. The van der Waals surface area contributed by atoms with Crippen LogP contribution in [0.15, 0.2) is 18.2 Å². The van der Waals surface area contributed by atoms with Crippen molar-refractivity contribution < 1.29 is 10.2 Å². The first-order valence-corrected chi connectivity index (χ1v) is 5.94. The van der Waals surface area contributed by atoms with Gasteiger partial charge in [0.2, 0.25) is 0 Å². The molecule has 0 heterocycles. The van der Waals surface area contributed by atoms with Gasteiger partial charge < -0.3 is 10.2 Å². The quantitative estimate of drug-likeness (QED) is 0.804. The van der Waals surface area contributed by atoms with Gasteiger partial charge in [0.25, 0.3) is 0 Å². The molecule has 0 saturated heterocycles. The number of hydrogen-bond acceptors (Lipinski definition) is 2. The summed E-state index contributed by atoms with van der Waals surface area (Å²) in [4.78, 5) is 0. The molecule has 2 N–H and O–H groups in total. The molecule has 1 aromatic rings. The minimum absolute atomic E-state index is 0.0395. The van der Waals surface area contributed by atoms with Crippen molar-refractivity contribution in [2.45, 2.75) is 45.4 Å². The van der Waals surface area contributed by atoms with Crippen LogP contribution < -0.4 is 0 Å². The largest absolute Gasteiger partial charge is 0.508 e. The average molecular weight is 222 g/mol. The highest BCUT2D eigenvalue weighted by molar-refractivity contribution is 5.41. The van der Waals surface area contributed by atoms with E-state index in [0.29, 0.717) is 0 Å². The molecule has 0 bridgehead atoms. The third-order valence-corrected chi connectivity index (χ3v) is 3.00. The maximum Gasteiger partial charge on any atom is 0.119 e. The number of phenolic OH excluding ortho intramolecular Hbond substituents is 1. The second kappa shape index (κ2) is 5.35. The van der Waals surface area contributed by atoms with Crippen molar-refractivity contribution in [1.82, 2.24) is 0 Å². The topological polar surface area (TPSA) is 40.5 Å². The predicted molar refractivity (Wildman–Crippen MR) is 66.8 cm³/mol. The summed E-state index contributed by atoms with van der Waals surface area (Å²) in [5.74, 6) is 0.277. The van der Waals surface area contributed by atoms with Gasteiger partial charge in [-0.25, -0.2) is 0 Å². The number of aromatic hydroxyl groups is 1. The summed E-state index contributed by atoms with van der Waals surface area (Å²) in [7, 11) is 0. The maximum absolute atomic E-state index is 9.82. The lowest BCUT2D eigenvalue weighted by atomic mass is 9.83. The Kier molecular flexibility index (Phi) is 4.36. The van der Waals surface area contributed by atoms with Crippen molar-refractivity contribution in [2.24, 2.45) is 0 Å². The van der Waals surface area contributed by atoms with Crippen LogP contribution in [0.4, 0.5) is 0 Å². The normalized spacial score (nSPS) is 11.8. The van der Waals surface area contributed by atoms with Crippen LogP contribution in [0.25, 0.3) is 0 Å². The maximum atomic E-state index is 9.82. The third kappa shape index (κ3) is 2.99. The Morgan fingerprint density at radius 2 is 1.94 bits per heavy atom. The van der Waals surface area contributed by atoms with Crippen LogP contribution in [0.1, 0.15) is 44.7 Å². The van der Waals surface area contributed by atoms with E-state index in [2.05, 4.69) is 6.92 Å². The van der Waals surface area contributed by atoms with Crippen LogP contribution in [0.5, 0.6) is 5.75 Å². The number of aryl methyl sites for hydroxylation is 1. The molecule has 0 unspecified atom stereocenters. The van der Waals surface area contributed by atoms with E-state index in [1.807, 2.05) is 26.0 Å². The van der Waals surface area contributed by atoms with Crippen LogP contribution in [-0.4, -0.2) is 16.8 Å². The fraction of sp³-hybridized carbons (Fsp3) is 0.571. The van der Waals surface area contributed by atoms with E-state index >= 15 is 0 Å². The summed E-state index contributed by atoms with van der Waals surface area (Å²) in [6, 6.07) is 5.71. The molecule has 0 aliphatic heterocycles. The van der Waals surface area contributed by atoms with Crippen LogP contribution in [0.2, 0.25) is 0 Å². The number of phenols is 1. The third-order valence-electron chi connectivity index (χ3n) is 3.00. The van der Waals surface area contributed by atoms with E-state index in [-0.39, 0.29) is 17.8 Å². The van der Waals surface area contributed by atoms with Crippen LogP contribution in [0.3, 0.4) is 0 Å². The van der Waals surface area contributed by atoms with Gasteiger partial charge in [-0.2, -0.15) is 0 Å². The molecule has 0 fully saturated rings. The number of benzene rings is 1. The fourth-order valence-electron chi connectivity index (χ4n) is 1.75. The lowest BCUT2D eigenvalue weighted by Gasteiger charge is -2.24. The monoisotopic (exact) mass is 222 g/mol. The molecule has 90 valence electrons. The van der Waals surface area contributed by atoms with Gasteiger partial charge in [-0.1, -0.05) is 39.3 Å². The predicted octanol–water partition coefficient (Wildman–Crippen LogP) is 3.00. The number of aliphatic hydroxyl groups excluding tert-OH is 1. The van der Waals surface area contributed by atoms with Crippen molar-refractivity contribution in [1.29, 1.82) is 0 Å². The van der Waals surface area contributed by atoms with E-state index in [4.69, 9.17) is 0 Å². The molecule has 0 radical (unpaired) electrons. The first-order valence-electron chi connectivity index (χ1n) is 5.94. The van der Waals surface area contributed by atoms with E-state index in [1.165, 1.54) is 12.0 Å². The van der Waals surface area contributed by atoms with Gasteiger partial charge in [-0.3, -0.25) is 0 Å². The Labute approximate surface area is 97.9 Å². The molecule has 16 heavy (non-hydrogen) atoms. The van der Waals surface area contributed by atoms with Gasteiger partial charge in [-0.05, 0) is 24.5 Å². The molecule has 0 saturated carbocycles. The Morgan fingerprint density at radius 1 is 1.25 bits per heavy atom. The molecule has 1 aromatic carbocycles. The first kappa shape index (κ1) is 13.0. The summed E-state index contributed by atoms with van der Waals surface area (Å²) in [5, 5.41) is 19.1. The van der Waals surface area contributed by atoms with E-state index in [9.17, 15) is 10.2 Å². The molecular weight excluding hydrogens is 200 g/mol. The van der Waals surface area contributed by atoms with Gasteiger partial charge in [0.15, 0.2) is 0 Å². The summed E-state index contributed by atoms with van der Waals surface area (Å²) in [5.41, 5.74) is 1.69. The van der Waals surface area contributed by atoms with Gasteiger partial charge >= 0.3 is 0 Å². The van der Waals surface area contributed by atoms with Gasteiger partial charge in [0.05, 0.1) is 6.61 Å². The molecule has 0 spiro atoms. The zero-order valence-corrected chi connectivity index (χ0v) is 10.5. The molecule has 0 aliphatic carbocycles. The van der Waals surface area contributed by atoms with Crippen LogP contribution in [-0.2, 0) is 11.8 Å². The van der Waals surface area contributed by atoms with Crippen LogP contribution in [0, 0.1) is 0 Å². The second-order valence-corrected chi connectivity index (χ2v) is 5.00. The van der Waals surface area contributed by atoms with Crippen molar-refractivity contribution in [2.75, 3.05) is 6.61 Å². The Balaban J connectivity index is 2.99. The molecule has 0 aliphatic rings. The number of unbranched alkanes of at least 4 members (excludes halogenated alkanes) is 1. The zero-order valence-electron chi connectivity index (χ0n) is 10.5. The summed E-state index contributed by atoms with van der Waals surface area (Å²) < 4.78 is 0. The highest BCUT2D eigenvalue weighted by atomic mass is 16.3. The molecule has 0 amide bonds. The SMILES string of the molecule is CCCCc1ccc(O)c(C(C)(C)CO)c1. The summed E-state index contributed by atoms with van der Waals surface area (Å²) in [6.07, 6.45) is 3.36. The lowest BCUT2D eigenvalue weighted by molar-refractivity contribution is 0.215. The van der Waals surface area contributed by atoms with E-state index in [1.54, 1.807) is 6.07 Å². The Hall–Kier alpha value is -1.02.